The van der Waals surface area contributed by atoms with Gasteiger partial charge in [0.15, 0.2) is 0 Å². The van der Waals surface area contributed by atoms with Gasteiger partial charge in [-0.25, -0.2) is 4.39 Å². The fourth-order valence-electron chi connectivity index (χ4n) is 0.780. The molecule has 1 aliphatic rings. The zero-order chi connectivity index (χ0) is 5.28. The Kier molecular flexibility index (Phi) is 1.53. The Morgan fingerprint density at radius 3 is 2.29 bits per heavy atom. The third-order valence-electron chi connectivity index (χ3n) is 1.40. The second kappa shape index (κ2) is 1.99. The molecule has 42 valence electrons. The van der Waals surface area contributed by atoms with Gasteiger partial charge < -0.3 is 0 Å². The fourth-order valence-corrected chi connectivity index (χ4v) is 1.03. The molecule has 1 saturated carbocycles. The molecule has 0 spiro atoms. The average molecular weight is 123 g/mol. The van der Waals surface area contributed by atoms with Crippen molar-refractivity contribution in [3.05, 3.63) is 0 Å². The fraction of sp³-hybridized carbons (Fsp3) is 1.00. The smallest absolute Gasteiger partial charge is 0.101 e. The van der Waals surface area contributed by atoms with E-state index in [0.29, 0.717) is 24.6 Å². The molecular formula is C5H8ClF. The summed E-state index contributed by atoms with van der Waals surface area (Å²) < 4.78 is 11.9. The minimum absolute atomic E-state index is 0.483. The van der Waals surface area contributed by atoms with E-state index in [1.54, 1.807) is 0 Å². The van der Waals surface area contributed by atoms with Crippen LogP contribution >= 0.6 is 11.6 Å². The summed E-state index contributed by atoms with van der Waals surface area (Å²) in [5.41, 5.74) is 0. The van der Waals surface area contributed by atoms with Crippen LogP contribution in [0.5, 0.6) is 0 Å². The van der Waals surface area contributed by atoms with Gasteiger partial charge >= 0.3 is 0 Å². The molecule has 0 atom stereocenters. The quantitative estimate of drug-likeness (QED) is 0.467. The summed E-state index contributed by atoms with van der Waals surface area (Å²) in [6, 6.07) is 0. The first kappa shape index (κ1) is 5.36. The van der Waals surface area contributed by atoms with Crippen molar-refractivity contribution in [1.82, 2.24) is 0 Å². The van der Waals surface area contributed by atoms with Gasteiger partial charge in [-0.2, -0.15) is 0 Å². The van der Waals surface area contributed by atoms with Crippen LogP contribution in [0.4, 0.5) is 4.39 Å². The van der Waals surface area contributed by atoms with E-state index >= 15 is 0 Å². The lowest BCUT2D eigenvalue weighted by Crippen LogP contribution is -2.25. The maximum absolute atomic E-state index is 11.9. The molecule has 0 heterocycles. The number of rotatable bonds is 1. The average Bonchev–Trinajstić information content (AvgIpc) is 1.58. The Morgan fingerprint density at radius 2 is 2.14 bits per heavy atom. The second-order valence-corrected chi connectivity index (χ2v) is 2.40. The molecule has 0 aromatic carbocycles. The molecule has 0 N–H and O–H groups in total. The monoisotopic (exact) mass is 122 g/mol. The van der Waals surface area contributed by atoms with E-state index in [-0.39, 0.29) is 0 Å². The van der Waals surface area contributed by atoms with Crippen molar-refractivity contribution in [3.8, 4) is 0 Å². The summed E-state index contributed by atoms with van der Waals surface area (Å²) in [4.78, 5) is 0. The van der Waals surface area contributed by atoms with Gasteiger partial charge in [0.1, 0.15) is 6.17 Å². The predicted octanol–water partition coefficient (Wildman–Crippen LogP) is 1.97. The molecule has 0 aromatic heterocycles. The van der Waals surface area contributed by atoms with Crippen LogP contribution < -0.4 is 0 Å². The van der Waals surface area contributed by atoms with Gasteiger partial charge in [0.25, 0.3) is 0 Å². The topological polar surface area (TPSA) is 0 Å². The second-order valence-electron chi connectivity index (χ2n) is 2.09. The Hall–Kier alpha value is 0.220. The number of hydrogen-bond donors (Lipinski definition) is 0. The van der Waals surface area contributed by atoms with E-state index in [9.17, 15) is 4.39 Å². The summed E-state index contributed by atoms with van der Waals surface area (Å²) in [7, 11) is 0. The van der Waals surface area contributed by atoms with Crippen LogP contribution in [0.15, 0.2) is 0 Å². The Morgan fingerprint density at radius 1 is 1.57 bits per heavy atom. The molecule has 0 aliphatic heterocycles. The van der Waals surface area contributed by atoms with Crippen LogP contribution in [0.25, 0.3) is 0 Å². The van der Waals surface area contributed by atoms with Crippen molar-refractivity contribution in [2.45, 2.75) is 19.0 Å². The highest BCUT2D eigenvalue weighted by molar-refractivity contribution is 6.18. The van der Waals surface area contributed by atoms with E-state index in [0.717, 1.165) is 0 Å². The van der Waals surface area contributed by atoms with Gasteiger partial charge in [-0.3, -0.25) is 0 Å². The number of halogens is 2. The SMILES string of the molecule is FC1CC(CCl)C1. The zero-order valence-electron chi connectivity index (χ0n) is 4.03. The molecule has 1 aliphatic carbocycles. The van der Waals surface area contributed by atoms with E-state index in [4.69, 9.17) is 11.6 Å². The Labute approximate surface area is 47.7 Å². The van der Waals surface area contributed by atoms with Gasteiger partial charge in [0, 0.05) is 5.88 Å². The summed E-state index contributed by atoms with van der Waals surface area (Å²) in [6.07, 6.45) is 0.858. The highest BCUT2D eigenvalue weighted by atomic mass is 35.5. The van der Waals surface area contributed by atoms with E-state index in [2.05, 4.69) is 0 Å². The van der Waals surface area contributed by atoms with Crippen molar-refractivity contribution in [1.29, 1.82) is 0 Å². The molecule has 0 radical (unpaired) electrons. The molecule has 2 heteroatoms. The molecule has 0 saturated heterocycles. The van der Waals surface area contributed by atoms with Crippen molar-refractivity contribution < 1.29 is 4.39 Å². The van der Waals surface area contributed by atoms with E-state index < -0.39 is 6.17 Å². The maximum Gasteiger partial charge on any atom is 0.101 e. The van der Waals surface area contributed by atoms with Crippen LogP contribution in [-0.4, -0.2) is 12.1 Å². The lowest BCUT2D eigenvalue weighted by molar-refractivity contribution is 0.146. The van der Waals surface area contributed by atoms with Crippen molar-refractivity contribution in [2.24, 2.45) is 5.92 Å². The molecule has 0 bridgehead atoms. The van der Waals surface area contributed by atoms with E-state index in [1.807, 2.05) is 0 Å². The van der Waals surface area contributed by atoms with Crippen LogP contribution in [0.3, 0.4) is 0 Å². The first-order chi connectivity index (χ1) is 3.33. The van der Waals surface area contributed by atoms with Gasteiger partial charge in [0.05, 0.1) is 0 Å². The molecule has 1 fully saturated rings. The Bertz CT molecular complexity index is 59.1. The maximum atomic E-state index is 11.9. The predicted molar refractivity (Wildman–Crippen MR) is 28.3 cm³/mol. The first-order valence-corrected chi connectivity index (χ1v) is 3.06. The van der Waals surface area contributed by atoms with Crippen molar-refractivity contribution in [3.63, 3.8) is 0 Å². The van der Waals surface area contributed by atoms with Gasteiger partial charge in [0.2, 0.25) is 0 Å². The standard InChI is InChI=1S/C5H8ClF/c6-3-4-1-5(7)2-4/h4-5H,1-3H2. The summed E-state index contributed by atoms with van der Waals surface area (Å²) in [6.45, 7) is 0. The third kappa shape index (κ3) is 1.06. The lowest BCUT2D eigenvalue weighted by atomic mass is 9.85. The van der Waals surface area contributed by atoms with Crippen LogP contribution in [0.2, 0.25) is 0 Å². The summed E-state index contributed by atoms with van der Waals surface area (Å²) in [5, 5.41) is 0. The minimum atomic E-state index is -0.538. The van der Waals surface area contributed by atoms with Gasteiger partial charge in [-0.05, 0) is 18.8 Å². The molecule has 7 heavy (non-hydrogen) atoms. The summed E-state index contributed by atoms with van der Waals surface area (Å²) in [5.74, 6) is 1.12. The normalized spacial score (nSPS) is 40.3. The molecule has 0 aromatic rings. The molecular weight excluding hydrogens is 115 g/mol. The summed E-state index contributed by atoms with van der Waals surface area (Å²) >= 11 is 5.40. The number of hydrogen-bond acceptors (Lipinski definition) is 0. The molecule has 0 unspecified atom stereocenters. The van der Waals surface area contributed by atoms with Crippen LogP contribution in [0, 0.1) is 5.92 Å². The van der Waals surface area contributed by atoms with Crippen LogP contribution in [-0.2, 0) is 0 Å². The number of alkyl halides is 2. The van der Waals surface area contributed by atoms with Gasteiger partial charge in [-0.15, -0.1) is 11.6 Å². The van der Waals surface area contributed by atoms with Gasteiger partial charge in [-0.1, -0.05) is 0 Å². The molecule has 1 rings (SSSR count). The molecule has 0 nitrogen and oxygen atoms in total. The highest BCUT2D eigenvalue weighted by Crippen LogP contribution is 2.30. The van der Waals surface area contributed by atoms with Crippen molar-refractivity contribution in [2.75, 3.05) is 5.88 Å². The van der Waals surface area contributed by atoms with Crippen LogP contribution in [0.1, 0.15) is 12.8 Å². The largest absolute Gasteiger partial charge is 0.247 e. The third-order valence-corrected chi connectivity index (χ3v) is 1.83. The highest BCUT2D eigenvalue weighted by Gasteiger charge is 2.27. The van der Waals surface area contributed by atoms with Crippen molar-refractivity contribution >= 4 is 11.6 Å². The molecule has 0 amide bonds. The lowest BCUT2D eigenvalue weighted by Gasteiger charge is -2.26. The first-order valence-electron chi connectivity index (χ1n) is 2.53. The Balaban J connectivity index is 2.06. The van der Waals surface area contributed by atoms with E-state index in [1.165, 1.54) is 0 Å². The minimum Gasteiger partial charge on any atom is -0.247 e. The zero-order valence-corrected chi connectivity index (χ0v) is 4.79.